The Labute approximate surface area is 166 Å². The lowest BCUT2D eigenvalue weighted by Crippen LogP contribution is -2.30. The summed E-state index contributed by atoms with van der Waals surface area (Å²) in [5.74, 6) is -0.430. The fraction of sp³-hybridized carbons (Fsp3) is 0.350. The van der Waals surface area contributed by atoms with Gasteiger partial charge in [0, 0.05) is 18.8 Å². The van der Waals surface area contributed by atoms with Crippen LogP contribution in [0.15, 0.2) is 41.3 Å². The van der Waals surface area contributed by atoms with Crippen LogP contribution in [0.1, 0.15) is 42.3 Å². The fourth-order valence-electron chi connectivity index (χ4n) is 2.93. The van der Waals surface area contributed by atoms with E-state index in [0.717, 1.165) is 23.2 Å². The molecule has 0 aliphatic heterocycles. The number of hydrogen-bond acceptors (Lipinski definition) is 3. The zero-order valence-corrected chi connectivity index (χ0v) is 17.6. The number of nitrogens with one attached hydrogen (secondary N) is 1. The maximum Gasteiger partial charge on any atom is 0.257 e. The molecule has 0 bridgehead atoms. The van der Waals surface area contributed by atoms with E-state index in [9.17, 15) is 13.2 Å². The molecule has 0 heterocycles. The number of halogens is 1. The highest BCUT2D eigenvalue weighted by molar-refractivity contribution is 7.89. The molecular weight excluding hydrogens is 384 g/mol. The number of anilines is 1. The van der Waals surface area contributed by atoms with Crippen molar-refractivity contribution in [1.82, 2.24) is 4.31 Å². The van der Waals surface area contributed by atoms with Crippen LogP contribution in [0.4, 0.5) is 5.69 Å². The molecule has 27 heavy (non-hydrogen) atoms. The van der Waals surface area contributed by atoms with Crippen molar-refractivity contribution in [2.75, 3.05) is 18.4 Å². The number of aryl methyl sites for hydroxylation is 2. The summed E-state index contributed by atoms with van der Waals surface area (Å²) < 4.78 is 26.8. The van der Waals surface area contributed by atoms with E-state index in [1.165, 1.54) is 22.5 Å². The topological polar surface area (TPSA) is 66.5 Å². The van der Waals surface area contributed by atoms with Gasteiger partial charge in [-0.2, -0.15) is 4.31 Å². The van der Waals surface area contributed by atoms with Crippen LogP contribution >= 0.6 is 11.6 Å². The van der Waals surface area contributed by atoms with Gasteiger partial charge >= 0.3 is 0 Å². The summed E-state index contributed by atoms with van der Waals surface area (Å²) in [6, 6.07) is 10.0. The summed E-state index contributed by atoms with van der Waals surface area (Å²) in [7, 11) is -3.67. The van der Waals surface area contributed by atoms with Gasteiger partial charge in [0.1, 0.15) is 0 Å². The Morgan fingerprint density at radius 1 is 1.11 bits per heavy atom. The van der Waals surface area contributed by atoms with Gasteiger partial charge in [0.15, 0.2) is 0 Å². The quantitative estimate of drug-likeness (QED) is 0.733. The summed E-state index contributed by atoms with van der Waals surface area (Å²) in [5, 5.41) is 3.10. The van der Waals surface area contributed by atoms with Crippen molar-refractivity contribution in [2.45, 2.75) is 39.0 Å². The molecule has 0 aliphatic rings. The van der Waals surface area contributed by atoms with E-state index in [1.54, 1.807) is 13.8 Å². The molecule has 0 spiro atoms. The van der Waals surface area contributed by atoms with Crippen molar-refractivity contribution in [3.8, 4) is 0 Å². The lowest BCUT2D eigenvalue weighted by Gasteiger charge is -2.19. The van der Waals surface area contributed by atoms with Gasteiger partial charge in [-0.15, -0.1) is 0 Å². The van der Waals surface area contributed by atoms with Crippen LogP contribution in [-0.4, -0.2) is 31.7 Å². The van der Waals surface area contributed by atoms with Gasteiger partial charge in [0.05, 0.1) is 15.5 Å². The number of amides is 1. The van der Waals surface area contributed by atoms with Crippen molar-refractivity contribution in [2.24, 2.45) is 0 Å². The van der Waals surface area contributed by atoms with Gasteiger partial charge < -0.3 is 5.32 Å². The number of carbonyl (C=O) groups is 1. The summed E-state index contributed by atoms with van der Waals surface area (Å²) >= 11 is 6.20. The third kappa shape index (κ3) is 4.51. The molecule has 0 saturated heterocycles. The Bertz CT molecular complexity index is 938. The third-order valence-electron chi connectivity index (χ3n) is 4.50. The summed E-state index contributed by atoms with van der Waals surface area (Å²) in [6.45, 7) is 8.18. The van der Waals surface area contributed by atoms with Crippen molar-refractivity contribution in [1.29, 1.82) is 0 Å². The van der Waals surface area contributed by atoms with E-state index in [4.69, 9.17) is 11.6 Å². The SMILES string of the molecule is CCc1cccc(C)c1NC(=O)c1cc(S(=O)(=O)N(CC)CC)ccc1Cl. The standard InChI is InChI=1S/C20H25ClN2O3S/c1-5-15-10-8-9-14(4)19(15)22-20(24)17-13-16(11-12-18(17)21)27(25,26)23(6-2)7-3/h8-13H,5-7H2,1-4H3,(H,22,24). The van der Waals surface area contributed by atoms with Crippen LogP contribution in [-0.2, 0) is 16.4 Å². The highest BCUT2D eigenvalue weighted by atomic mass is 35.5. The summed E-state index contributed by atoms with van der Waals surface area (Å²) in [6.07, 6.45) is 0.765. The van der Waals surface area contributed by atoms with E-state index >= 15 is 0 Å². The van der Waals surface area contributed by atoms with Crippen molar-refractivity contribution in [3.05, 3.63) is 58.1 Å². The maximum absolute atomic E-state index is 12.8. The average Bonchev–Trinajstić information content (AvgIpc) is 2.64. The fourth-order valence-corrected chi connectivity index (χ4v) is 4.62. The molecule has 0 radical (unpaired) electrons. The van der Waals surface area contributed by atoms with Gasteiger partial charge in [-0.3, -0.25) is 4.79 Å². The Balaban J connectivity index is 2.44. The number of carbonyl (C=O) groups excluding carboxylic acids is 1. The predicted molar refractivity (Wildman–Crippen MR) is 110 cm³/mol. The molecular formula is C20H25ClN2O3S. The van der Waals surface area contributed by atoms with Crippen LogP contribution in [0.5, 0.6) is 0 Å². The van der Waals surface area contributed by atoms with E-state index in [2.05, 4.69) is 5.32 Å². The van der Waals surface area contributed by atoms with Crippen LogP contribution in [0.25, 0.3) is 0 Å². The van der Waals surface area contributed by atoms with Gasteiger partial charge in [-0.05, 0) is 42.7 Å². The minimum Gasteiger partial charge on any atom is -0.321 e. The number of benzene rings is 2. The van der Waals surface area contributed by atoms with Gasteiger partial charge in [-0.25, -0.2) is 8.42 Å². The van der Waals surface area contributed by atoms with Crippen molar-refractivity contribution < 1.29 is 13.2 Å². The second-order valence-corrected chi connectivity index (χ2v) is 8.49. The molecule has 2 aromatic rings. The smallest absolute Gasteiger partial charge is 0.257 e. The molecule has 0 fully saturated rings. The largest absolute Gasteiger partial charge is 0.321 e. The number of para-hydroxylation sites is 1. The molecule has 146 valence electrons. The zero-order valence-electron chi connectivity index (χ0n) is 16.0. The molecule has 2 aromatic carbocycles. The summed E-state index contributed by atoms with van der Waals surface area (Å²) in [4.78, 5) is 12.9. The van der Waals surface area contributed by atoms with E-state index in [0.29, 0.717) is 13.1 Å². The molecule has 0 aromatic heterocycles. The normalized spacial score (nSPS) is 11.6. The monoisotopic (exact) mass is 408 g/mol. The van der Waals surface area contributed by atoms with Crippen LogP contribution in [0, 0.1) is 6.92 Å². The molecule has 2 rings (SSSR count). The van der Waals surface area contributed by atoms with Gasteiger partial charge in [0.2, 0.25) is 10.0 Å². The first-order valence-electron chi connectivity index (χ1n) is 8.95. The van der Waals surface area contributed by atoms with Gasteiger partial charge in [0.25, 0.3) is 5.91 Å². The number of nitrogens with zero attached hydrogens (tertiary/aromatic N) is 1. The second kappa shape index (κ2) is 8.87. The average molecular weight is 409 g/mol. The Hall–Kier alpha value is -1.89. The Kier molecular flexibility index (Phi) is 7.03. The molecule has 5 nitrogen and oxygen atoms in total. The van der Waals surface area contributed by atoms with E-state index in [1.807, 2.05) is 32.0 Å². The lowest BCUT2D eigenvalue weighted by molar-refractivity contribution is 0.102. The molecule has 1 N–H and O–H groups in total. The van der Waals surface area contributed by atoms with Crippen LogP contribution in [0.3, 0.4) is 0 Å². The second-order valence-electron chi connectivity index (χ2n) is 6.15. The first-order valence-corrected chi connectivity index (χ1v) is 10.8. The van der Waals surface area contributed by atoms with Crippen molar-refractivity contribution in [3.63, 3.8) is 0 Å². The molecule has 7 heteroatoms. The molecule has 0 saturated carbocycles. The van der Waals surface area contributed by atoms with E-state index < -0.39 is 15.9 Å². The number of sulfonamides is 1. The number of rotatable bonds is 7. The maximum atomic E-state index is 12.8. The molecule has 1 amide bonds. The van der Waals surface area contributed by atoms with Crippen LogP contribution < -0.4 is 5.32 Å². The zero-order chi connectivity index (χ0) is 20.2. The van der Waals surface area contributed by atoms with E-state index in [-0.39, 0.29) is 15.5 Å². The Morgan fingerprint density at radius 2 is 1.78 bits per heavy atom. The predicted octanol–water partition coefficient (Wildman–Crippen LogP) is 4.49. The number of hydrogen-bond donors (Lipinski definition) is 1. The minimum absolute atomic E-state index is 0.0567. The summed E-state index contributed by atoms with van der Waals surface area (Å²) in [5.41, 5.74) is 2.81. The van der Waals surface area contributed by atoms with Crippen LogP contribution in [0.2, 0.25) is 5.02 Å². The Morgan fingerprint density at radius 3 is 2.37 bits per heavy atom. The molecule has 0 unspecified atom stereocenters. The third-order valence-corrected chi connectivity index (χ3v) is 6.88. The minimum atomic E-state index is -3.67. The van der Waals surface area contributed by atoms with Crippen molar-refractivity contribution >= 4 is 33.2 Å². The molecule has 0 aliphatic carbocycles. The highest BCUT2D eigenvalue weighted by Crippen LogP contribution is 2.26. The first-order chi connectivity index (χ1) is 12.8. The highest BCUT2D eigenvalue weighted by Gasteiger charge is 2.24. The lowest BCUT2D eigenvalue weighted by atomic mass is 10.1. The van der Waals surface area contributed by atoms with Gasteiger partial charge in [-0.1, -0.05) is 50.6 Å². The molecule has 0 atom stereocenters. The first kappa shape index (κ1) is 21.4.